The topological polar surface area (TPSA) is 84.2 Å². The van der Waals surface area contributed by atoms with E-state index in [0.29, 0.717) is 18.5 Å². The molecule has 1 aromatic rings. The van der Waals surface area contributed by atoms with Crippen molar-refractivity contribution >= 4 is 11.8 Å². The molecule has 0 unspecified atom stereocenters. The van der Waals surface area contributed by atoms with Crippen LogP contribution in [0.3, 0.4) is 0 Å². The van der Waals surface area contributed by atoms with Gasteiger partial charge in [-0.1, -0.05) is 25.0 Å². The van der Waals surface area contributed by atoms with Gasteiger partial charge in [0.15, 0.2) is 0 Å². The van der Waals surface area contributed by atoms with Gasteiger partial charge in [-0.05, 0) is 43.5 Å². The molecule has 0 saturated carbocycles. The molecule has 0 fully saturated rings. The Bertz CT molecular complexity index is 475. The summed E-state index contributed by atoms with van der Waals surface area (Å²) in [7, 11) is 1.61. The van der Waals surface area contributed by atoms with Gasteiger partial charge in [0.1, 0.15) is 0 Å². The first-order chi connectivity index (χ1) is 10.7. The van der Waals surface area contributed by atoms with Crippen molar-refractivity contribution in [2.45, 2.75) is 38.5 Å². The summed E-state index contributed by atoms with van der Waals surface area (Å²) in [6.07, 6.45) is 5.39. The standard InChI is InChI=1S/C17H27N3O2/c1-19-17(22)15-8-6-7-14(13-15)10-12-20-16(21)9-4-2-3-5-11-18/h6-8,13H,2-5,9-12,18H2,1H3,(H,19,22)(H,20,21). The van der Waals surface area contributed by atoms with Crippen molar-refractivity contribution in [1.29, 1.82) is 0 Å². The summed E-state index contributed by atoms with van der Waals surface area (Å²) in [5.41, 5.74) is 7.12. The molecule has 0 saturated heterocycles. The van der Waals surface area contributed by atoms with E-state index in [1.165, 1.54) is 0 Å². The summed E-state index contributed by atoms with van der Waals surface area (Å²) in [6, 6.07) is 7.46. The average Bonchev–Trinajstić information content (AvgIpc) is 2.54. The third-order valence-electron chi connectivity index (χ3n) is 3.51. The predicted octanol–water partition coefficient (Wildman–Crippen LogP) is 1.61. The van der Waals surface area contributed by atoms with Crippen molar-refractivity contribution in [3.8, 4) is 0 Å². The minimum Gasteiger partial charge on any atom is -0.356 e. The second-order valence-corrected chi connectivity index (χ2v) is 5.33. The normalized spacial score (nSPS) is 10.3. The zero-order valence-corrected chi connectivity index (χ0v) is 13.4. The summed E-state index contributed by atoms with van der Waals surface area (Å²) >= 11 is 0. The molecule has 0 heterocycles. The van der Waals surface area contributed by atoms with E-state index in [1.807, 2.05) is 18.2 Å². The summed E-state index contributed by atoms with van der Waals surface area (Å²) < 4.78 is 0. The molecule has 122 valence electrons. The highest BCUT2D eigenvalue weighted by Gasteiger charge is 2.04. The Morgan fingerprint density at radius 2 is 1.91 bits per heavy atom. The lowest BCUT2D eigenvalue weighted by molar-refractivity contribution is -0.121. The molecule has 0 aliphatic rings. The van der Waals surface area contributed by atoms with Crippen molar-refractivity contribution in [3.05, 3.63) is 35.4 Å². The molecule has 0 atom stereocenters. The van der Waals surface area contributed by atoms with E-state index in [1.54, 1.807) is 13.1 Å². The van der Waals surface area contributed by atoms with Gasteiger partial charge in [-0.2, -0.15) is 0 Å². The van der Waals surface area contributed by atoms with Crippen LogP contribution in [0.2, 0.25) is 0 Å². The molecule has 1 rings (SSSR count). The quantitative estimate of drug-likeness (QED) is 0.574. The van der Waals surface area contributed by atoms with Gasteiger partial charge in [-0.15, -0.1) is 0 Å². The van der Waals surface area contributed by atoms with Gasteiger partial charge in [0.25, 0.3) is 5.91 Å². The highest BCUT2D eigenvalue weighted by molar-refractivity contribution is 5.94. The third kappa shape index (κ3) is 7.22. The van der Waals surface area contributed by atoms with E-state index in [-0.39, 0.29) is 11.8 Å². The fourth-order valence-corrected chi connectivity index (χ4v) is 2.23. The number of carbonyl (C=O) groups excluding carboxylic acids is 2. The zero-order chi connectivity index (χ0) is 16.2. The molecular weight excluding hydrogens is 278 g/mol. The first-order valence-corrected chi connectivity index (χ1v) is 7.95. The highest BCUT2D eigenvalue weighted by Crippen LogP contribution is 2.06. The van der Waals surface area contributed by atoms with Crippen LogP contribution in [0.25, 0.3) is 0 Å². The summed E-state index contributed by atoms with van der Waals surface area (Å²) in [5, 5.41) is 5.52. The minimum atomic E-state index is -0.0941. The van der Waals surface area contributed by atoms with Gasteiger partial charge < -0.3 is 16.4 Å². The Kier molecular flexibility index (Phi) is 8.91. The number of rotatable bonds is 10. The van der Waals surface area contributed by atoms with Crippen LogP contribution in [-0.4, -0.2) is 32.0 Å². The first kappa shape index (κ1) is 18.2. The zero-order valence-electron chi connectivity index (χ0n) is 13.4. The molecule has 2 amide bonds. The van der Waals surface area contributed by atoms with E-state index in [0.717, 1.165) is 44.2 Å². The maximum absolute atomic E-state index is 11.7. The molecule has 0 radical (unpaired) electrons. The van der Waals surface area contributed by atoms with Gasteiger partial charge in [0.05, 0.1) is 0 Å². The number of benzene rings is 1. The van der Waals surface area contributed by atoms with Crippen LogP contribution in [0, 0.1) is 0 Å². The van der Waals surface area contributed by atoms with E-state index in [4.69, 9.17) is 5.73 Å². The lowest BCUT2D eigenvalue weighted by Gasteiger charge is -2.07. The van der Waals surface area contributed by atoms with Crippen molar-refractivity contribution in [1.82, 2.24) is 10.6 Å². The fourth-order valence-electron chi connectivity index (χ4n) is 2.23. The van der Waals surface area contributed by atoms with E-state index < -0.39 is 0 Å². The Morgan fingerprint density at radius 1 is 1.14 bits per heavy atom. The monoisotopic (exact) mass is 305 g/mol. The van der Waals surface area contributed by atoms with E-state index >= 15 is 0 Å². The third-order valence-corrected chi connectivity index (χ3v) is 3.51. The maximum atomic E-state index is 11.7. The molecule has 1 aromatic carbocycles. The number of unbranched alkanes of at least 4 members (excludes halogenated alkanes) is 3. The molecule has 22 heavy (non-hydrogen) atoms. The molecular formula is C17H27N3O2. The summed E-state index contributed by atoms with van der Waals surface area (Å²) in [6.45, 7) is 1.32. The van der Waals surface area contributed by atoms with Crippen LogP contribution in [-0.2, 0) is 11.2 Å². The number of nitrogens with two attached hydrogens (primary N) is 1. The van der Waals surface area contributed by atoms with Crippen LogP contribution < -0.4 is 16.4 Å². The molecule has 4 N–H and O–H groups in total. The number of hydrogen-bond donors (Lipinski definition) is 3. The van der Waals surface area contributed by atoms with Crippen molar-refractivity contribution < 1.29 is 9.59 Å². The van der Waals surface area contributed by atoms with Gasteiger partial charge in [-0.3, -0.25) is 9.59 Å². The molecule has 0 aliphatic carbocycles. The Morgan fingerprint density at radius 3 is 2.64 bits per heavy atom. The second kappa shape index (κ2) is 10.8. The lowest BCUT2D eigenvalue weighted by atomic mass is 10.1. The Hall–Kier alpha value is -1.88. The first-order valence-electron chi connectivity index (χ1n) is 7.95. The summed E-state index contributed by atoms with van der Waals surface area (Å²) in [5.74, 6) is -0.00132. The number of carbonyl (C=O) groups is 2. The van der Waals surface area contributed by atoms with E-state index in [9.17, 15) is 9.59 Å². The molecule has 0 aliphatic heterocycles. The number of nitrogens with one attached hydrogen (secondary N) is 2. The predicted molar refractivity (Wildman–Crippen MR) is 88.7 cm³/mol. The minimum absolute atomic E-state index is 0.0928. The van der Waals surface area contributed by atoms with Crippen LogP contribution in [0.1, 0.15) is 48.0 Å². The van der Waals surface area contributed by atoms with Gasteiger partial charge in [0.2, 0.25) is 5.91 Å². The second-order valence-electron chi connectivity index (χ2n) is 5.33. The highest BCUT2D eigenvalue weighted by atomic mass is 16.2. The van der Waals surface area contributed by atoms with Crippen LogP contribution in [0.4, 0.5) is 0 Å². The number of amides is 2. The van der Waals surface area contributed by atoms with Crippen molar-refractivity contribution in [3.63, 3.8) is 0 Å². The lowest BCUT2D eigenvalue weighted by Crippen LogP contribution is -2.25. The fraction of sp³-hybridized carbons (Fsp3) is 0.529. The molecule has 5 heteroatoms. The molecule has 5 nitrogen and oxygen atoms in total. The largest absolute Gasteiger partial charge is 0.356 e. The van der Waals surface area contributed by atoms with Crippen molar-refractivity contribution in [2.24, 2.45) is 5.73 Å². The molecule has 0 spiro atoms. The maximum Gasteiger partial charge on any atom is 0.251 e. The van der Waals surface area contributed by atoms with Gasteiger partial charge in [-0.25, -0.2) is 0 Å². The number of hydrogen-bond acceptors (Lipinski definition) is 3. The van der Waals surface area contributed by atoms with Crippen molar-refractivity contribution in [2.75, 3.05) is 20.1 Å². The van der Waals surface area contributed by atoms with Crippen LogP contribution >= 0.6 is 0 Å². The van der Waals surface area contributed by atoms with Gasteiger partial charge >= 0.3 is 0 Å². The van der Waals surface area contributed by atoms with Crippen LogP contribution in [0.5, 0.6) is 0 Å². The van der Waals surface area contributed by atoms with Gasteiger partial charge in [0, 0.05) is 25.6 Å². The molecule has 0 aromatic heterocycles. The Balaban J connectivity index is 2.23. The Labute approximate surface area is 132 Å². The van der Waals surface area contributed by atoms with E-state index in [2.05, 4.69) is 10.6 Å². The van der Waals surface area contributed by atoms with Crippen LogP contribution in [0.15, 0.2) is 24.3 Å². The smallest absolute Gasteiger partial charge is 0.251 e. The average molecular weight is 305 g/mol. The molecule has 0 bridgehead atoms. The summed E-state index contributed by atoms with van der Waals surface area (Å²) in [4.78, 5) is 23.2. The SMILES string of the molecule is CNC(=O)c1cccc(CCNC(=O)CCCCCCN)c1.